The SMILES string of the molecule is Cc1ccc(S(=O)(=O)N2CCCCC2)cc1C(=O)O[C@@H](C)C(=O)NC12CC3CC(CC(C3)C1)C2. The Morgan fingerprint density at radius 2 is 1.62 bits per heavy atom. The fourth-order valence-corrected chi connectivity index (χ4v) is 8.68. The van der Waals surface area contributed by atoms with E-state index in [9.17, 15) is 18.0 Å². The number of sulfonamides is 1. The largest absolute Gasteiger partial charge is 0.449 e. The van der Waals surface area contributed by atoms with Crippen molar-refractivity contribution < 1.29 is 22.7 Å². The molecule has 0 radical (unpaired) electrons. The van der Waals surface area contributed by atoms with Gasteiger partial charge in [0.15, 0.2) is 6.10 Å². The number of nitrogens with zero attached hydrogens (tertiary/aromatic N) is 1. The third-order valence-corrected chi connectivity index (χ3v) is 10.4. The number of carbonyl (C=O) groups excluding carboxylic acids is 2. The number of benzene rings is 1. The van der Waals surface area contributed by atoms with E-state index in [1.165, 1.54) is 29.6 Å². The molecule has 4 bridgehead atoms. The summed E-state index contributed by atoms with van der Waals surface area (Å²) in [4.78, 5) is 26.1. The average Bonchev–Trinajstić information content (AvgIpc) is 2.78. The highest BCUT2D eigenvalue weighted by Crippen LogP contribution is 2.55. The summed E-state index contributed by atoms with van der Waals surface area (Å²) in [5, 5.41) is 3.26. The molecule has 1 aromatic rings. The van der Waals surface area contributed by atoms with Crippen LogP contribution in [0.25, 0.3) is 0 Å². The number of ether oxygens (including phenoxy) is 1. The van der Waals surface area contributed by atoms with Gasteiger partial charge in [-0.1, -0.05) is 12.5 Å². The summed E-state index contributed by atoms with van der Waals surface area (Å²) in [5.74, 6) is 1.19. The number of esters is 1. The van der Waals surface area contributed by atoms with Gasteiger partial charge in [0.05, 0.1) is 10.5 Å². The van der Waals surface area contributed by atoms with Gasteiger partial charge in [0, 0.05) is 18.6 Å². The van der Waals surface area contributed by atoms with Crippen LogP contribution in [-0.4, -0.2) is 49.3 Å². The van der Waals surface area contributed by atoms with Crippen LogP contribution >= 0.6 is 0 Å². The van der Waals surface area contributed by atoms with Gasteiger partial charge in [-0.3, -0.25) is 4.79 Å². The Morgan fingerprint density at radius 1 is 1.03 bits per heavy atom. The van der Waals surface area contributed by atoms with E-state index in [4.69, 9.17) is 4.74 Å². The lowest BCUT2D eigenvalue weighted by atomic mass is 9.53. The molecule has 4 aliphatic carbocycles. The van der Waals surface area contributed by atoms with Gasteiger partial charge < -0.3 is 10.1 Å². The summed E-state index contributed by atoms with van der Waals surface area (Å²) in [6.07, 6.45) is 8.72. The molecule has 8 heteroatoms. The number of piperidine rings is 1. The maximum atomic E-state index is 13.1. The van der Waals surface area contributed by atoms with Gasteiger partial charge in [-0.25, -0.2) is 13.2 Å². The normalized spacial score (nSPS) is 31.8. The van der Waals surface area contributed by atoms with Crippen LogP contribution in [0.1, 0.15) is 80.6 Å². The van der Waals surface area contributed by atoms with Crippen LogP contribution in [-0.2, 0) is 19.6 Å². The van der Waals surface area contributed by atoms with Crippen molar-refractivity contribution in [2.24, 2.45) is 17.8 Å². The molecule has 6 rings (SSSR count). The van der Waals surface area contributed by atoms with E-state index in [-0.39, 0.29) is 21.9 Å². The van der Waals surface area contributed by atoms with Gasteiger partial charge >= 0.3 is 5.97 Å². The van der Waals surface area contributed by atoms with Gasteiger partial charge in [-0.2, -0.15) is 4.31 Å². The second kappa shape index (κ2) is 8.94. The van der Waals surface area contributed by atoms with Crippen LogP contribution < -0.4 is 5.32 Å². The van der Waals surface area contributed by atoms with E-state index in [2.05, 4.69) is 5.32 Å². The highest BCUT2D eigenvalue weighted by molar-refractivity contribution is 7.89. The lowest BCUT2D eigenvalue weighted by Gasteiger charge is -2.57. The van der Waals surface area contributed by atoms with Crippen molar-refractivity contribution >= 4 is 21.9 Å². The molecule has 1 aliphatic heterocycles. The molecule has 1 saturated heterocycles. The number of hydrogen-bond donors (Lipinski definition) is 1. The zero-order valence-corrected chi connectivity index (χ0v) is 21.0. The Balaban J connectivity index is 1.26. The first-order chi connectivity index (χ1) is 16.1. The average molecular weight is 489 g/mol. The zero-order chi connectivity index (χ0) is 24.1. The number of nitrogens with one attached hydrogen (secondary N) is 1. The van der Waals surface area contributed by atoms with Gasteiger partial charge in [0.2, 0.25) is 10.0 Å². The van der Waals surface area contributed by atoms with E-state index in [0.717, 1.165) is 38.5 Å². The molecule has 0 aromatic heterocycles. The fourth-order valence-electron chi connectivity index (χ4n) is 7.14. The van der Waals surface area contributed by atoms with Gasteiger partial charge in [-0.15, -0.1) is 0 Å². The van der Waals surface area contributed by atoms with Crippen molar-refractivity contribution in [2.75, 3.05) is 13.1 Å². The molecule has 1 heterocycles. The molecule has 5 aliphatic rings. The zero-order valence-electron chi connectivity index (χ0n) is 20.2. The number of rotatable bonds is 6. The van der Waals surface area contributed by atoms with Crippen LogP contribution in [0.2, 0.25) is 0 Å². The number of aryl methyl sites for hydroxylation is 1. The minimum atomic E-state index is -3.66. The van der Waals surface area contributed by atoms with E-state index in [0.29, 0.717) is 36.4 Å². The highest BCUT2D eigenvalue weighted by Gasteiger charge is 2.51. The third kappa shape index (κ3) is 4.51. The number of amides is 1. The summed E-state index contributed by atoms with van der Waals surface area (Å²) in [7, 11) is -3.66. The first-order valence-corrected chi connectivity index (χ1v) is 14.2. The molecule has 34 heavy (non-hydrogen) atoms. The Morgan fingerprint density at radius 3 is 2.21 bits per heavy atom. The number of carbonyl (C=O) groups is 2. The van der Waals surface area contributed by atoms with E-state index in [1.807, 2.05) is 0 Å². The number of hydrogen-bond acceptors (Lipinski definition) is 5. The van der Waals surface area contributed by atoms with Crippen molar-refractivity contribution in [1.29, 1.82) is 0 Å². The molecule has 1 atom stereocenters. The lowest BCUT2D eigenvalue weighted by Crippen LogP contribution is -2.61. The maximum absolute atomic E-state index is 13.1. The Bertz CT molecular complexity index is 1040. The van der Waals surface area contributed by atoms with Crippen LogP contribution in [0.3, 0.4) is 0 Å². The highest BCUT2D eigenvalue weighted by atomic mass is 32.2. The van der Waals surface area contributed by atoms with Crippen molar-refractivity contribution in [3.8, 4) is 0 Å². The molecule has 1 amide bonds. The van der Waals surface area contributed by atoms with Crippen LogP contribution in [0, 0.1) is 24.7 Å². The maximum Gasteiger partial charge on any atom is 0.339 e. The lowest BCUT2D eigenvalue weighted by molar-refractivity contribution is -0.134. The van der Waals surface area contributed by atoms with Crippen molar-refractivity contribution in [1.82, 2.24) is 9.62 Å². The second-order valence-electron chi connectivity index (χ2n) is 11.2. The Hall–Kier alpha value is -1.93. The molecule has 7 nitrogen and oxygen atoms in total. The molecule has 4 saturated carbocycles. The molecule has 0 spiro atoms. The summed E-state index contributed by atoms with van der Waals surface area (Å²) in [6, 6.07) is 4.57. The molecular weight excluding hydrogens is 452 g/mol. The van der Waals surface area contributed by atoms with Crippen LogP contribution in [0.4, 0.5) is 0 Å². The summed E-state index contributed by atoms with van der Waals surface area (Å²) in [6.45, 7) is 4.33. The van der Waals surface area contributed by atoms with Gasteiger partial charge in [-0.05, 0) is 101 Å². The molecule has 1 aromatic carbocycles. The molecule has 186 valence electrons. The van der Waals surface area contributed by atoms with E-state index in [1.54, 1.807) is 26.0 Å². The van der Waals surface area contributed by atoms with Crippen molar-refractivity contribution in [3.05, 3.63) is 29.3 Å². The first-order valence-electron chi connectivity index (χ1n) is 12.8. The summed E-state index contributed by atoms with van der Waals surface area (Å²) < 4.78 is 33.2. The van der Waals surface area contributed by atoms with Crippen LogP contribution in [0.5, 0.6) is 0 Å². The standard InChI is InChI=1S/C26H36N2O5S/c1-17-6-7-22(34(31,32)28-8-4-3-5-9-28)13-23(17)25(30)33-18(2)24(29)27-26-14-19-10-20(15-26)12-21(11-19)16-26/h6-7,13,18-21H,3-5,8-12,14-16H2,1-2H3,(H,27,29)/t18-,19?,20?,21?,26?/m0/s1. The monoisotopic (exact) mass is 488 g/mol. The summed E-state index contributed by atoms with van der Waals surface area (Å²) >= 11 is 0. The van der Waals surface area contributed by atoms with Gasteiger partial charge in [0.25, 0.3) is 5.91 Å². The van der Waals surface area contributed by atoms with Crippen molar-refractivity contribution in [3.63, 3.8) is 0 Å². The first kappa shape index (κ1) is 23.8. The topological polar surface area (TPSA) is 92.8 Å². The van der Waals surface area contributed by atoms with Gasteiger partial charge in [0.1, 0.15) is 0 Å². The third-order valence-electron chi connectivity index (χ3n) is 8.46. The molecule has 0 unspecified atom stereocenters. The minimum Gasteiger partial charge on any atom is -0.449 e. The smallest absolute Gasteiger partial charge is 0.339 e. The predicted octanol–water partition coefficient (Wildman–Crippen LogP) is 3.80. The predicted molar refractivity (Wildman–Crippen MR) is 128 cm³/mol. The summed E-state index contributed by atoms with van der Waals surface area (Å²) in [5.41, 5.74) is 0.661. The Labute approximate surface area is 202 Å². The quantitative estimate of drug-likeness (QED) is 0.615. The molecule has 1 N–H and O–H groups in total. The minimum absolute atomic E-state index is 0.0950. The second-order valence-corrected chi connectivity index (χ2v) is 13.1. The van der Waals surface area contributed by atoms with Crippen LogP contribution in [0.15, 0.2) is 23.1 Å². The fraction of sp³-hybridized carbons (Fsp3) is 0.692. The van der Waals surface area contributed by atoms with E-state index >= 15 is 0 Å². The Kier molecular flexibility index (Phi) is 6.25. The van der Waals surface area contributed by atoms with E-state index < -0.39 is 22.1 Å². The van der Waals surface area contributed by atoms with Crippen molar-refractivity contribution in [2.45, 2.75) is 88.2 Å². The molecule has 5 fully saturated rings. The molecular formula is C26H36N2O5S.